The van der Waals surface area contributed by atoms with E-state index in [0.29, 0.717) is 33.1 Å². The largest absolute Gasteiger partial charge is 0.489 e. The smallest absolute Gasteiger partial charge is 0.251 e. The van der Waals surface area contributed by atoms with Gasteiger partial charge in [0.2, 0.25) is 5.91 Å². The van der Waals surface area contributed by atoms with Crippen LogP contribution in [0.1, 0.15) is 39.7 Å². The maximum atomic E-state index is 15.3. The van der Waals surface area contributed by atoms with Gasteiger partial charge in [0.1, 0.15) is 40.7 Å². The summed E-state index contributed by atoms with van der Waals surface area (Å²) in [5, 5.41) is 15.9. The highest BCUT2D eigenvalue weighted by Crippen LogP contribution is 2.47. The molecule has 1 aliphatic rings. The second-order valence-corrected chi connectivity index (χ2v) is 12.2. The second kappa shape index (κ2) is 11.6. The number of ether oxygens (including phenoxy) is 1. The van der Waals surface area contributed by atoms with E-state index >= 15 is 4.39 Å². The van der Waals surface area contributed by atoms with Gasteiger partial charge in [0.05, 0.1) is 27.8 Å². The molecule has 0 saturated heterocycles. The minimum Gasteiger partial charge on any atom is -0.489 e. The summed E-state index contributed by atoms with van der Waals surface area (Å²) in [6.45, 7) is 2.78. The van der Waals surface area contributed by atoms with Crippen LogP contribution >= 0.6 is 23.2 Å². The zero-order valence-corrected chi connectivity index (χ0v) is 26.0. The number of amides is 2. The number of rotatable bonds is 7. The number of aliphatic hydroxyl groups is 1. The highest BCUT2D eigenvalue weighted by atomic mass is 35.5. The van der Waals surface area contributed by atoms with Crippen molar-refractivity contribution in [2.24, 2.45) is 5.73 Å². The van der Waals surface area contributed by atoms with Gasteiger partial charge in [-0.25, -0.2) is 13.8 Å². The highest BCUT2D eigenvalue weighted by molar-refractivity contribution is 6.31. The summed E-state index contributed by atoms with van der Waals surface area (Å²) in [7, 11) is 0. The molecule has 0 aliphatic carbocycles. The van der Waals surface area contributed by atoms with Gasteiger partial charge in [0, 0.05) is 34.3 Å². The lowest BCUT2D eigenvalue weighted by atomic mass is 9.80. The SMILES string of the molecule is Cc1cc(C(=O)NC[C@@](O)(c2ccccc2)c2cc3c(c(-c4cc(Cl)c(F)cc4F)n2)OC[C@]3(C)C(N)=O)cc2cc(Cl)cnc12. The van der Waals surface area contributed by atoms with E-state index in [1.54, 1.807) is 55.5 Å². The lowest BCUT2D eigenvalue weighted by molar-refractivity contribution is -0.123. The summed E-state index contributed by atoms with van der Waals surface area (Å²) in [4.78, 5) is 35.2. The van der Waals surface area contributed by atoms with Gasteiger partial charge in [-0.3, -0.25) is 14.6 Å². The van der Waals surface area contributed by atoms with Crippen molar-refractivity contribution in [2.75, 3.05) is 13.2 Å². The van der Waals surface area contributed by atoms with E-state index in [-0.39, 0.29) is 39.9 Å². The maximum Gasteiger partial charge on any atom is 0.251 e. The molecule has 2 amide bonds. The summed E-state index contributed by atoms with van der Waals surface area (Å²) in [6, 6.07) is 16.5. The fourth-order valence-electron chi connectivity index (χ4n) is 5.59. The van der Waals surface area contributed by atoms with Gasteiger partial charge in [-0.2, -0.15) is 0 Å². The van der Waals surface area contributed by atoms with E-state index in [9.17, 15) is 19.1 Å². The predicted molar refractivity (Wildman–Crippen MR) is 170 cm³/mol. The quantitative estimate of drug-likeness (QED) is 0.184. The number of hydrogen-bond donors (Lipinski definition) is 3. The topological polar surface area (TPSA) is 127 Å². The summed E-state index contributed by atoms with van der Waals surface area (Å²) < 4.78 is 35.3. The number of nitrogens with one attached hydrogen (secondary N) is 1. The second-order valence-electron chi connectivity index (χ2n) is 11.4. The fourth-order valence-corrected chi connectivity index (χ4v) is 5.92. The van der Waals surface area contributed by atoms with Crippen molar-refractivity contribution < 1.29 is 28.2 Å². The third-order valence-electron chi connectivity index (χ3n) is 8.26. The number of fused-ring (bicyclic) bond motifs is 2. The van der Waals surface area contributed by atoms with Gasteiger partial charge in [0.15, 0.2) is 0 Å². The molecule has 1 aliphatic heterocycles. The molecule has 0 radical (unpaired) electrons. The van der Waals surface area contributed by atoms with Gasteiger partial charge in [-0.15, -0.1) is 0 Å². The highest BCUT2D eigenvalue weighted by Gasteiger charge is 2.46. The number of aromatic nitrogens is 2. The Kier molecular flexibility index (Phi) is 7.92. The summed E-state index contributed by atoms with van der Waals surface area (Å²) in [6.07, 6.45) is 1.52. The molecule has 2 atom stereocenters. The summed E-state index contributed by atoms with van der Waals surface area (Å²) in [5.74, 6) is -3.19. The van der Waals surface area contributed by atoms with Crippen molar-refractivity contribution >= 4 is 45.9 Å². The van der Waals surface area contributed by atoms with E-state index in [2.05, 4.69) is 15.3 Å². The Morgan fingerprint density at radius 1 is 1.09 bits per heavy atom. The number of primary amides is 1. The van der Waals surface area contributed by atoms with Crippen molar-refractivity contribution in [1.29, 1.82) is 0 Å². The van der Waals surface area contributed by atoms with E-state index in [0.717, 1.165) is 11.6 Å². The lowest BCUT2D eigenvalue weighted by Gasteiger charge is -2.30. The van der Waals surface area contributed by atoms with Crippen LogP contribution in [0.5, 0.6) is 5.75 Å². The molecule has 4 N–H and O–H groups in total. The molecular weight excluding hydrogens is 637 g/mol. The number of nitrogens with zero attached hydrogens (tertiary/aromatic N) is 2. The Morgan fingerprint density at radius 2 is 1.83 bits per heavy atom. The van der Waals surface area contributed by atoms with Crippen LogP contribution < -0.4 is 15.8 Å². The molecule has 3 aromatic carbocycles. The number of benzene rings is 3. The molecule has 5 aromatic rings. The van der Waals surface area contributed by atoms with Crippen molar-refractivity contribution in [2.45, 2.75) is 24.9 Å². The number of nitrogens with two attached hydrogens (primary N) is 1. The molecule has 0 fully saturated rings. The molecule has 8 nitrogen and oxygen atoms in total. The molecule has 0 saturated carbocycles. The molecule has 2 aromatic heterocycles. The normalized spacial score (nSPS) is 16.8. The van der Waals surface area contributed by atoms with Crippen LogP contribution in [0, 0.1) is 18.6 Å². The molecular formula is C34H26Cl2F2N4O4. The van der Waals surface area contributed by atoms with Crippen LogP contribution in [0.3, 0.4) is 0 Å². The van der Waals surface area contributed by atoms with E-state index in [1.807, 2.05) is 6.92 Å². The monoisotopic (exact) mass is 662 g/mol. The average molecular weight is 664 g/mol. The molecule has 234 valence electrons. The zero-order chi connectivity index (χ0) is 33.0. The Labute approximate surface area is 272 Å². The average Bonchev–Trinajstić information content (AvgIpc) is 3.39. The van der Waals surface area contributed by atoms with E-state index in [1.165, 1.54) is 12.3 Å². The molecule has 46 heavy (non-hydrogen) atoms. The molecule has 12 heteroatoms. The Morgan fingerprint density at radius 3 is 2.54 bits per heavy atom. The minimum atomic E-state index is -2.03. The maximum absolute atomic E-state index is 15.3. The minimum absolute atomic E-state index is 0.0324. The molecule has 3 heterocycles. The Balaban J connectivity index is 1.50. The van der Waals surface area contributed by atoms with Crippen LogP contribution in [-0.4, -0.2) is 40.0 Å². The fraction of sp³-hybridized carbons (Fsp3) is 0.176. The number of aryl methyl sites for hydroxylation is 1. The number of carbonyl (C=O) groups is 2. The van der Waals surface area contributed by atoms with Gasteiger partial charge >= 0.3 is 0 Å². The third kappa shape index (κ3) is 5.32. The van der Waals surface area contributed by atoms with Crippen molar-refractivity contribution in [3.8, 4) is 17.0 Å². The van der Waals surface area contributed by atoms with Crippen LogP contribution in [0.25, 0.3) is 22.2 Å². The number of carbonyl (C=O) groups excluding carboxylic acids is 2. The molecule has 0 unspecified atom stereocenters. The van der Waals surface area contributed by atoms with Crippen LogP contribution in [-0.2, 0) is 15.8 Å². The molecule has 0 bridgehead atoms. The van der Waals surface area contributed by atoms with Crippen LogP contribution in [0.2, 0.25) is 10.0 Å². The first kappa shape index (κ1) is 31.3. The Bertz CT molecular complexity index is 2060. The summed E-state index contributed by atoms with van der Waals surface area (Å²) >= 11 is 12.2. The van der Waals surface area contributed by atoms with Crippen molar-refractivity contribution in [3.05, 3.63) is 123 Å². The first-order valence-corrected chi connectivity index (χ1v) is 14.8. The zero-order valence-electron chi connectivity index (χ0n) is 24.5. The van der Waals surface area contributed by atoms with Gasteiger partial charge in [0.25, 0.3) is 5.91 Å². The number of pyridine rings is 2. The van der Waals surface area contributed by atoms with Gasteiger partial charge in [-0.05, 0) is 55.3 Å². The lowest BCUT2D eigenvalue weighted by Crippen LogP contribution is -2.43. The molecule has 0 spiro atoms. The first-order chi connectivity index (χ1) is 21.8. The van der Waals surface area contributed by atoms with E-state index < -0.39 is 41.0 Å². The summed E-state index contributed by atoms with van der Waals surface area (Å²) in [5.41, 5.74) is 4.24. The third-order valence-corrected chi connectivity index (χ3v) is 8.76. The standard InChI is InChI=1S/C34H26Cl2F2N4O4/c1-17-8-19(9-18-10-21(35)14-40-28(17)18)31(43)41-15-34(45,20-6-4-3-5-7-20)27-12-23-30(46-16-33(23,2)32(39)44)29(42-27)22-11-24(36)26(38)13-25(22)37/h3-14,45H,15-16H2,1-2H3,(H2,39,44)(H,41,43)/t33-,34+/m0/s1. The number of halogens is 4. The van der Waals surface area contributed by atoms with Crippen LogP contribution in [0.15, 0.2) is 72.9 Å². The number of hydrogen-bond acceptors (Lipinski definition) is 6. The van der Waals surface area contributed by atoms with Crippen molar-refractivity contribution in [1.82, 2.24) is 15.3 Å². The van der Waals surface area contributed by atoms with Crippen molar-refractivity contribution in [3.63, 3.8) is 0 Å². The van der Waals surface area contributed by atoms with Gasteiger partial charge in [-0.1, -0.05) is 53.5 Å². The predicted octanol–water partition coefficient (Wildman–Crippen LogP) is 5.99. The molecule has 6 rings (SSSR count). The van der Waals surface area contributed by atoms with Crippen LogP contribution in [0.4, 0.5) is 8.78 Å². The van der Waals surface area contributed by atoms with E-state index in [4.69, 9.17) is 33.7 Å². The Hall–Kier alpha value is -4.64. The van der Waals surface area contributed by atoms with Gasteiger partial charge < -0.3 is 20.9 Å². The first-order valence-electron chi connectivity index (χ1n) is 14.1.